The van der Waals surface area contributed by atoms with Gasteiger partial charge in [-0.2, -0.15) is 4.39 Å². The molecule has 4 aromatic rings. The van der Waals surface area contributed by atoms with Crippen LogP contribution in [0.4, 0.5) is 13.6 Å². The van der Waals surface area contributed by atoms with E-state index in [1.165, 1.54) is 24.4 Å². The highest BCUT2D eigenvalue weighted by atomic mass is 35.5. The monoisotopic (exact) mass is 526 g/mol. The first-order valence-electron chi connectivity index (χ1n) is 11.4. The molecule has 0 fully saturated rings. The summed E-state index contributed by atoms with van der Waals surface area (Å²) in [5.41, 5.74) is 3.91. The number of halogens is 4. The van der Waals surface area contributed by atoms with Gasteiger partial charge >= 0.3 is 6.03 Å². The number of nitrogens with zero attached hydrogens (tertiary/aromatic N) is 3. The molecule has 184 valence electrons. The van der Waals surface area contributed by atoms with Crippen LogP contribution in [0.15, 0.2) is 60.8 Å². The van der Waals surface area contributed by atoms with E-state index < -0.39 is 11.8 Å². The second kappa shape index (κ2) is 10.4. The topological polar surface area (TPSA) is 50.2 Å². The Bertz CT molecular complexity index is 1470. The fourth-order valence-electron chi connectivity index (χ4n) is 4.51. The third kappa shape index (κ3) is 5.14. The van der Waals surface area contributed by atoms with Crippen LogP contribution in [0, 0.1) is 11.8 Å². The van der Waals surface area contributed by atoms with Crippen molar-refractivity contribution < 1.29 is 13.6 Å². The van der Waals surface area contributed by atoms with Crippen molar-refractivity contribution >= 4 is 46.2 Å². The highest BCUT2D eigenvalue weighted by molar-refractivity contribution is 6.31. The summed E-state index contributed by atoms with van der Waals surface area (Å²) < 4.78 is 29.4. The number of pyridine rings is 1. The normalized spacial score (nSPS) is 13.9. The van der Waals surface area contributed by atoms with Crippen LogP contribution in [0.25, 0.3) is 17.0 Å². The van der Waals surface area contributed by atoms with Gasteiger partial charge in [-0.1, -0.05) is 47.5 Å². The van der Waals surface area contributed by atoms with Gasteiger partial charge < -0.3 is 5.32 Å². The molecule has 0 unspecified atom stereocenters. The Hall–Kier alpha value is -3.26. The number of carbonyl (C=O) groups excluding carboxylic acids is 1. The standard InChI is InChI=1S/C27H22Cl2F2N4O/c28-19-5-3-17(4-6-19)2-1-10-34-11-8-24-21(16-34)20-13-23(30)22(29)14-25(20)35(24)27(36)33-15-18-7-9-32-26(31)12-18/h1-7,9,12-14H,8,10-11,15-16H2,(H,33,36)/b2-1+. The minimum Gasteiger partial charge on any atom is -0.333 e. The number of hydrogen-bond acceptors (Lipinski definition) is 3. The first-order valence-corrected chi connectivity index (χ1v) is 12.2. The van der Waals surface area contributed by atoms with Crippen molar-refractivity contribution in [1.29, 1.82) is 0 Å². The Labute approximate surface area is 216 Å². The van der Waals surface area contributed by atoms with Crippen LogP contribution in [0.2, 0.25) is 10.0 Å². The number of benzene rings is 2. The lowest BCUT2D eigenvalue weighted by Crippen LogP contribution is -2.34. The largest absolute Gasteiger partial charge is 0.333 e. The lowest BCUT2D eigenvalue weighted by Gasteiger charge is -2.27. The summed E-state index contributed by atoms with van der Waals surface area (Å²) in [5, 5.41) is 4.13. The Morgan fingerprint density at radius 1 is 1.11 bits per heavy atom. The quantitative estimate of drug-likeness (QED) is 0.304. The van der Waals surface area contributed by atoms with Crippen molar-refractivity contribution in [3.63, 3.8) is 0 Å². The molecule has 0 spiro atoms. The highest BCUT2D eigenvalue weighted by Gasteiger charge is 2.27. The first kappa shape index (κ1) is 24.4. The molecule has 0 bridgehead atoms. The van der Waals surface area contributed by atoms with Crippen molar-refractivity contribution in [3.05, 3.63) is 105 Å². The molecule has 36 heavy (non-hydrogen) atoms. The minimum atomic E-state index is -0.613. The molecule has 5 rings (SSSR count). The number of fused-ring (bicyclic) bond motifs is 3. The third-order valence-electron chi connectivity index (χ3n) is 6.25. The van der Waals surface area contributed by atoms with Crippen molar-refractivity contribution in [2.45, 2.75) is 19.5 Å². The molecule has 3 heterocycles. The van der Waals surface area contributed by atoms with Crippen LogP contribution in [0.1, 0.15) is 22.4 Å². The van der Waals surface area contributed by atoms with E-state index >= 15 is 0 Å². The van der Waals surface area contributed by atoms with Gasteiger partial charge in [-0.05, 0) is 53.1 Å². The lowest BCUT2D eigenvalue weighted by atomic mass is 10.0. The van der Waals surface area contributed by atoms with E-state index in [0.717, 1.165) is 23.4 Å². The summed E-state index contributed by atoms with van der Waals surface area (Å²) >= 11 is 12.0. The smallest absolute Gasteiger partial charge is 0.326 e. The zero-order chi connectivity index (χ0) is 25.2. The lowest BCUT2D eigenvalue weighted by molar-refractivity contribution is 0.240. The number of carbonyl (C=O) groups is 1. The van der Waals surface area contributed by atoms with Crippen molar-refractivity contribution in [2.75, 3.05) is 13.1 Å². The van der Waals surface area contributed by atoms with Crippen molar-refractivity contribution in [2.24, 2.45) is 0 Å². The third-order valence-corrected chi connectivity index (χ3v) is 6.79. The van der Waals surface area contributed by atoms with Crippen LogP contribution in [-0.2, 0) is 19.5 Å². The maximum Gasteiger partial charge on any atom is 0.326 e. The number of rotatable bonds is 5. The van der Waals surface area contributed by atoms with Crippen LogP contribution in [0.5, 0.6) is 0 Å². The van der Waals surface area contributed by atoms with E-state index in [2.05, 4.69) is 21.3 Å². The molecule has 2 aromatic carbocycles. The molecule has 0 aliphatic carbocycles. The Kier molecular flexibility index (Phi) is 7.05. The van der Waals surface area contributed by atoms with Crippen molar-refractivity contribution in [3.8, 4) is 0 Å². The van der Waals surface area contributed by atoms with Crippen LogP contribution < -0.4 is 5.32 Å². The number of nitrogens with one attached hydrogen (secondary N) is 1. The fraction of sp³-hybridized carbons (Fsp3) is 0.185. The minimum absolute atomic E-state index is 0.0506. The second-order valence-electron chi connectivity index (χ2n) is 8.63. The van der Waals surface area contributed by atoms with Gasteiger partial charge in [0.25, 0.3) is 0 Å². The molecule has 1 amide bonds. The van der Waals surface area contributed by atoms with Gasteiger partial charge in [0, 0.05) is 54.9 Å². The number of amides is 1. The summed E-state index contributed by atoms with van der Waals surface area (Å²) in [4.78, 5) is 19.0. The molecule has 0 saturated heterocycles. The molecule has 1 aliphatic heterocycles. The van der Waals surface area contributed by atoms with Gasteiger partial charge in [0.05, 0.1) is 10.5 Å². The van der Waals surface area contributed by atoms with Crippen LogP contribution >= 0.6 is 23.2 Å². The van der Waals surface area contributed by atoms with Crippen molar-refractivity contribution in [1.82, 2.24) is 19.8 Å². The highest BCUT2D eigenvalue weighted by Crippen LogP contribution is 2.34. The van der Waals surface area contributed by atoms with E-state index in [0.29, 0.717) is 41.0 Å². The SMILES string of the molecule is O=C(NCc1ccnc(F)c1)n1c2c(c3cc(F)c(Cl)cc31)CN(C/C=C/c1ccc(Cl)cc1)CC2. The average molecular weight is 527 g/mol. The zero-order valence-corrected chi connectivity index (χ0v) is 20.7. The maximum atomic E-state index is 14.4. The predicted molar refractivity (Wildman–Crippen MR) is 138 cm³/mol. The Morgan fingerprint density at radius 3 is 2.69 bits per heavy atom. The molecule has 5 nitrogen and oxygen atoms in total. The summed E-state index contributed by atoms with van der Waals surface area (Å²) in [7, 11) is 0. The summed E-state index contributed by atoms with van der Waals surface area (Å²) in [6.45, 7) is 2.12. The molecular weight excluding hydrogens is 505 g/mol. The maximum absolute atomic E-state index is 14.4. The molecular formula is C27H22Cl2F2N4O. The summed E-state index contributed by atoms with van der Waals surface area (Å²) in [6, 6.07) is 13.0. The van der Waals surface area contributed by atoms with E-state index in [9.17, 15) is 13.6 Å². The Balaban J connectivity index is 1.40. The summed E-state index contributed by atoms with van der Waals surface area (Å²) in [6.07, 6.45) is 6.06. The average Bonchev–Trinajstić information content (AvgIpc) is 3.16. The van der Waals surface area contributed by atoms with E-state index in [1.54, 1.807) is 10.6 Å². The molecule has 0 saturated carbocycles. The van der Waals surface area contributed by atoms with Crippen LogP contribution in [-0.4, -0.2) is 33.6 Å². The number of hydrogen-bond donors (Lipinski definition) is 1. The van der Waals surface area contributed by atoms with Gasteiger partial charge in [0.2, 0.25) is 5.95 Å². The van der Waals surface area contributed by atoms with E-state index in [-0.39, 0.29) is 17.6 Å². The molecule has 1 aliphatic rings. The fourth-order valence-corrected chi connectivity index (χ4v) is 4.80. The Morgan fingerprint density at radius 2 is 1.92 bits per heavy atom. The molecule has 0 atom stereocenters. The van der Waals surface area contributed by atoms with Gasteiger partial charge in [0.15, 0.2) is 0 Å². The molecule has 0 radical (unpaired) electrons. The second-order valence-corrected chi connectivity index (χ2v) is 9.47. The number of aromatic nitrogens is 2. The van der Waals surface area contributed by atoms with Gasteiger partial charge in [-0.25, -0.2) is 14.2 Å². The van der Waals surface area contributed by atoms with Gasteiger partial charge in [-0.3, -0.25) is 9.47 Å². The zero-order valence-electron chi connectivity index (χ0n) is 19.1. The first-order chi connectivity index (χ1) is 17.4. The molecule has 1 N–H and O–H groups in total. The van der Waals surface area contributed by atoms with Gasteiger partial charge in [0.1, 0.15) is 5.82 Å². The predicted octanol–water partition coefficient (Wildman–Crippen LogP) is 6.45. The summed E-state index contributed by atoms with van der Waals surface area (Å²) in [5.74, 6) is -1.14. The van der Waals surface area contributed by atoms with Gasteiger partial charge in [-0.15, -0.1) is 0 Å². The van der Waals surface area contributed by atoms with Crippen LogP contribution in [0.3, 0.4) is 0 Å². The van der Waals surface area contributed by atoms with E-state index in [4.69, 9.17) is 23.2 Å². The molecule has 9 heteroatoms. The molecule has 2 aromatic heterocycles. The van der Waals surface area contributed by atoms with E-state index in [1.807, 2.05) is 30.3 Å².